The maximum Gasteiger partial charge on any atom is 0.203 e. The largest absolute Gasteiger partial charge is 0.493 e. The van der Waals surface area contributed by atoms with Crippen LogP contribution in [0.1, 0.15) is 16.1 Å². The van der Waals surface area contributed by atoms with E-state index in [0.717, 1.165) is 5.56 Å². The third-order valence-electron chi connectivity index (χ3n) is 4.10. The Morgan fingerprint density at radius 3 is 2.21 bits per heavy atom. The van der Waals surface area contributed by atoms with Crippen molar-refractivity contribution in [2.45, 2.75) is 0 Å². The number of ether oxygens (including phenoxy) is 3. The van der Waals surface area contributed by atoms with Crippen molar-refractivity contribution < 1.29 is 19.0 Å². The Morgan fingerprint density at radius 1 is 1.00 bits per heavy atom. The third kappa shape index (κ3) is 4.18. The number of aromatic amines is 1. The van der Waals surface area contributed by atoms with E-state index in [1.807, 2.05) is 18.2 Å². The number of benzene rings is 2. The molecule has 0 aliphatic heterocycles. The highest BCUT2D eigenvalue weighted by Gasteiger charge is 2.15. The molecular weight excluding hydrogens is 380 g/mol. The van der Waals surface area contributed by atoms with E-state index in [4.69, 9.17) is 25.8 Å². The fraction of sp³-hybridized carbons (Fsp3) is 0.143. The van der Waals surface area contributed by atoms with Crippen molar-refractivity contribution in [2.75, 3.05) is 21.3 Å². The number of methoxy groups -OCH3 is 3. The summed E-state index contributed by atoms with van der Waals surface area (Å²) in [5.74, 6) is 1.46. The summed E-state index contributed by atoms with van der Waals surface area (Å²) in [6.45, 7) is 0. The van der Waals surface area contributed by atoms with Gasteiger partial charge in [0.05, 0.1) is 32.7 Å². The maximum absolute atomic E-state index is 12.2. The number of hydrogen-bond acceptors (Lipinski definition) is 5. The van der Waals surface area contributed by atoms with Gasteiger partial charge in [-0.3, -0.25) is 9.89 Å². The summed E-state index contributed by atoms with van der Waals surface area (Å²) in [7, 11) is 4.67. The van der Waals surface area contributed by atoms with Crippen LogP contribution >= 0.6 is 11.6 Å². The van der Waals surface area contributed by atoms with Gasteiger partial charge in [-0.15, -0.1) is 0 Å². The first-order chi connectivity index (χ1) is 13.5. The van der Waals surface area contributed by atoms with Crippen molar-refractivity contribution in [2.24, 2.45) is 0 Å². The average molecular weight is 399 g/mol. The van der Waals surface area contributed by atoms with Crippen LogP contribution in [0.25, 0.3) is 17.3 Å². The molecule has 0 spiro atoms. The van der Waals surface area contributed by atoms with Gasteiger partial charge in [0.2, 0.25) is 5.75 Å². The van der Waals surface area contributed by atoms with Crippen molar-refractivity contribution in [3.8, 4) is 28.5 Å². The number of allylic oxidation sites excluding steroid dienone is 1. The number of nitrogens with one attached hydrogen (secondary N) is 1. The summed E-state index contributed by atoms with van der Waals surface area (Å²) in [5.41, 5.74) is 2.71. The van der Waals surface area contributed by atoms with Gasteiger partial charge in [-0.05, 0) is 54.6 Å². The maximum atomic E-state index is 12.2. The van der Waals surface area contributed by atoms with Crippen LogP contribution in [-0.2, 0) is 0 Å². The summed E-state index contributed by atoms with van der Waals surface area (Å²) in [4.78, 5) is 12.2. The lowest BCUT2D eigenvalue weighted by Crippen LogP contribution is -1.95. The van der Waals surface area contributed by atoms with E-state index in [0.29, 0.717) is 39.2 Å². The van der Waals surface area contributed by atoms with Crippen molar-refractivity contribution in [3.05, 3.63) is 64.8 Å². The van der Waals surface area contributed by atoms with Crippen LogP contribution in [0.15, 0.2) is 48.5 Å². The first-order valence-electron chi connectivity index (χ1n) is 8.39. The molecule has 0 bridgehead atoms. The minimum atomic E-state index is -0.124. The Hall–Kier alpha value is -3.25. The summed E-state index contributed by atoms with van der Waals surface area (Å²) in [6.07, 6.45) is 3.15. The first kappa shape index (κ1) is 19.5. The Labute approximate surface area is 167 Å². The summed E-state index contributed by atoms with van der Waals surface area (Å²) < 4.78 is 16.1. The zero-order valence-electron chi connectivity index (χ0n) is 15.7. The molecule has 0 amide bonds. The van der Waals surface area contributed by atoms with Gasteiger partial charge in [0.25, 0.3) is 0 Å². The SMILES string of the molecule is COc1cc(-c2cc(/C=C/C(=O)c3ccc(Cl)cc3)[nH]n2)cc(OC)c1OC. The number of carbonyl (C=O) groups excluding carboxylic acids is 1. The molecular formula is C21H19ClN2O4. The van der Waals surface area contributed by atoms with Gasteiger partial charge < -0.3 is 14.2 Å². The molecule has 0 saturated heterocycles. The van der Waals surface area contributed by atoms with Crippen LogP contribution < -0.4 is 14.2 Å². The van der Waals surface area contributed by atoms with Crippen molar-refractivity contribution in [3.63, 3.8) is 0 Å². The van der Waals surface area contributed by atoms with Crippen LogP contribution in [0.3, 0.4) is 0 Å². The molecule has 0 aliphatic rings. The predicted molar refractivity (Wildman–Crippen MR) is 108 cm³/mol. The molecule has 0 saturated carbocycles. The number of halogens is 1. The van der Waals surface area contributed by atoms with Crippen molar-refractivity contribution in [1.29, 1.82) is 0 Å². The van der Waals surface area contributed by atoms with E-state index < -0.39 is 0 Å². The average Bonchev–Trinajstić information content (AvgIpc) is 3.20. The molecule has 28 heavy (non-hydrogen) atoms. The molecule has 2 aromatic carbocycles. The van der Waals surface area contributed by atoms with Crippen LogP contribution in [0, 0.1) is 0 Å². The second-order valence-corrected chi connectivity index (χ2v) is 6.26. The topological polar surface area (TPSA) is 73.4 Å². The minimum absolute atomic E-state index is 0.124. The van der Waals surface area contributed by atoms with E-state index in [1.165, 1.54) is 6.08 Å². The molecule has 1 aromatic heterocycles. The second kappa shape index (κ2) is 8.63. The highest BCUT2D eigenvalue weighted by Crippen LogP contribution is 2.40. The Morgan fingerprint density at radius 2 is 1.64 bits per heavy atom. The van der Waals surface area contributed by atoms with Gasteiger partial charge in [-0.25, -0.2) is 0 Å². The summed E-state index contributed by atoms with van der Waals surface area (Å²) in [6, 6.07) is 12.2. The van der Waals surface area contributed by atoms with E-state index in [1.54, 1.807) is 51.7 Å². The van der Waals surface area contributed by atoms with E-state index in [9.17, 15) is 4.79 Å². The molecule has 1 N–H and O–H groups in total. The highest BCUT2D eigenvalue weighted by atomic mass is 35.5. The number of nitrogens with zero attached hydrogens (tertiary/aromatic N) is 1. The van der Waals surface area contributed by atoms with Crippen LogP contribution in [0.4, 0.5) is 0 Å². The van der Waals surface area contributed by atoms with E-state index in [2.05, 4.69) is 10.2 Å². The summed E-state index contributed by atoms with van der Waals surface area (Å²) >= 11 is 5.84. The Bertz CT molecular complexity index is 984. The van der Waals surface area contributed by atoms with Gasteiger partial charge in [-0.2, -0.15) is 5.10 Å². The first-order valence-corrected chi connectivity index (χ1v) is 8.77. The molecule has 0 radical (unpaired) electrons. The quantitative estimate of drug-likeness (QED) is 0.463. The molecule has 3 aromatic rings. The molecule has 6 nitrogen and oxygen atoms in total. The number of rotatable bonds is 7. The normalized spacial score (nSPS) is 10.9. The Balaban J connectivity index is 1.84. The van der Waals surface area contributed by atoms with E-state index in [-0.39, 0.29) is 5.78 Å². The van der Waals surface area contributed by atoms with Gasteiger partial charge in [0.15, 0.2) is 17.3 Å². The molecule has 0 atom stereocenters. The molecule has 3 rings (SSSR count). The molecule has 0 aliphatic carbocycles. The molecule has 1 heterocycles. The zero-order chi connectivity index (χ0) is 20.1. The number of hydrogen-bond donors (Lipinski definition) is 1. The zero-order valence-corrected chi connectivity index (χ0v) is 16.4. The van der Waals surface area contributed by atoms with Crippen LogP contribution in [0.5, 0.6) is 17.2 Å². The van der Waals surface area contributed by atoms with Gasteiger partial charge in [0, 0.05) is 16.1 Å². The lowest BCUT2D eigenvalue weighted by molar-refractivity contribution is 0.104. The lowest BCUT2D eigenvalue weighted by Gasteiger charge is -2.13. The van der Waals surface area contributed by atoms with Gasteiger partial charge >= 0.3 is 0 Å². The molecule has 0 fully saturated rings. The lowest BCUT2D eigenvalue weighted by atomic mass is 10.1. The predicted octanol–water partition coefficient (Wildman–Crippen LogP) is 4.65. The Kier molecular flexibility index (Phi) is 6.01. The molecule has 0 unspecified atom stereocenters. The van der Waals surface area contributed by atoms with Crippen molar-refractivity contribution in [1.82, 2.24) is 10.2 Å². The smallest absolute Gasteiger partial charge is 0.203 e. The third-order valence-corrected chi connectivity index (χ3v) is 4.35. The number of aromatic nitrogens is 2. The monoisotopic (exact) mass is 398 g/mol. The van der Waals surface area contributed by atoms with Crippen LogP contribution in [0.2, 0.25) is 5.02 Å². The highest BCUT2D eigenvalue weighted by molar-refractivity contribution is 6.30. The van der Waals surface area contributed by atoms with Gasteiger partial charge in [-0.1, -0.05) is 11.6 Å². The molecule has 144 valence electrons. The van der Waals surface area contributed by atoms with Crippen LogP contribution in [-0.4, -0.2) is 37.3 Å². The van der Waals surface area contributed by atoms with E-state index >= 15 is 0 Å². The molecule has 7 heteroatoms. The summed E-state index contributed by atoms with van der Waals surface area (Å²) in [5, 5.41) is 7.79. The van der Waals surface area contributed by atoms with Gasteiger partial charge in [0.1, 0.15) is 0 Å². The number of H-pyrrole nitrogens is 1. The fourth-order valence-electron chi connectivity index (χ4n) is 2.67. The van der Waals surface area contributed by atoms with Crippen molar-refractivity contribution >= 4 is 23.5 Å². The number of ketones is 1. The number of carbonyl (C=O) groups is 1. The standard InChI is InChI=1S/C21H19ClN2O4/c1-26-19-10-14(11-20(27-2)21(19)28-3)17-12-16(23-24-17)8-9-18(25)13-4-6-15(22)7-5-13/h4-12H,1-3H3,(H,23,24)/b9-8+. The second-order valence-electron chi connectivity index (χ2n) is 5.83. The fourth-order valence-corrected chi connectivity index (χ4v) is 2.80. The minimum Gasteiger partial charge on any atom is -0.493 e.